The maximum Gasteiger partial charge on any atom is 0.273 e. The molecule has 1 fully saturated rings. The molecule has 0 unspecified atom stereocenters. The summed E-state index contributed by atoms with van der Waals surface area (Å²) in [6.07, 6.45) is 0. The van der Waals surface area contributed by atoms with E-state index < -0.39 is 11.4 Å². The zero-order valence-corrected chi connectivity index (χ0v) is 17.8. The molecule has 1 N–H and O–H groups in total. The fourth-order valence-corrected chi connectivity index (χ4v) is 4.10. The van der Waals surface area contributed by atoms with Crippen LogP contribution in [0.2, 0.25) is 0 Å². The number of para-hydroxylation sites is 1. The number of nitrogens with one attached hydrogen (secondary N) is 1. The number of nitrogens with zero attached hydrogens (tertiary/aromatic N) is 5. The van der Waals surface area contributed by atoms with Crippen molar-refractivity contribution in [3.05, 3.63) is 70.0 Å². The van der Waals surface area contributed by atoms with E-state index in [1.165, 1.54) is 18.2 Å². The van der Waals surface area contributed by atoms with Crippen LogP contribution in [0.15, 0.2) is 47.3 Å². The van der Waals surface area contributed by atoms with Crippen molar-refractivity contribution in [2.75, 3.05) is 38.1 Å². The summed E-state index contributed by atoms with van der Waals surface area (Å²) in [7, 11) is 2.05. The minimum absolute atomic E-state index is 0.0862. The number of hydrogen-bond donors (Lipinski definition) is 1. The van der Waals surface area contributed by atoms with E-state index in [9.17, 15) is 9.18 Å². The van der Waals surface area contributed by atoms with Crippen LogP contribution in [0.25, 0.3) is 28.0 Å². The van der Waals surface area contributed by atoms with Gasteiger partial charge < -0.3 is 9.80 Å². The van der Waals surface area contributed by atoms with Crippen molar-refractivity contribution >= 4 is 16.7 Å². The summed E-state index contributed by atoms with van der Waals surface area (Å²) >= 11 is 0. The molecule has 1 aliphatic heterocycles. The van der Waals surface area contributed by atoms with E-state index in [0.717, 1.165) is 30.9 Å². The molecule has 5 rings (SSSR count). The number of aromatic nitrogens is 4. The minimum atomic E-state index is -0.549. The highest BCUT2D eigenvalue weighted by atomic mass is 19.1. The molecule has 1 saturated heterocycles. The summed E-state index contributed by atoms with van der Waals surface area (Å²) in [6.45, 7) is 4.98. The van der Waals surface area contributed by atoms with Crippen molar-refractivity contribution < 1.29 is 8.78 Å². The third-order valence-electron chi connectivity index (χ3n) is 5.91. The van der Waals surface area contributed by atoms with Gasteiger partial charge in [0.2, 0.25) is 0 Å². The lowest BCUT2D eigenvalue weighted by atomic mass is 10.1. The molecule has 0 amide bonds. The molecule has 3 heterocycles. The van der Waals surface area contributed by atoms with E-state index in [1.54, 1.807) is 31.2 Å². The van der Waals surface area contributed by atoms with Crippen LogP contribution in [-0.4, -0.2) is 58.1 Å². The normalized spacial score (nSPS) is 14.9. The molecule has 1 aliphatic rings. The van der Waals surface area contributed by atoms with Crippen molar-refractivity contribution in [2.45, 2.75) is 6.92 Å². The number of halogens is 2. The van der Waals surface area contributed by atoms with Gasteiger partial charge in [0.05, 0.1) is 11.2 Å². The SMILES string of the molecule is Cc1cccc(F)c1-n1nc2c(-c3ccc(N4CCN(C)CC4)c(F)c3)n[nH]c2cc1=O. The lowest BCUT2D eigenvalue weighted by Crippen LogP contribution is -2.44. The number of likely N-dealkylation sites (N-methyl/N-ethyl adjacent to an activating group) is 1. The molecule has 0 bridgehead atoms. The zero-order valence-electron chi connectivity index (χ0n) is 17.8. The average molecular weight is 436 g/mol. The molecule has 9 heteroatoms. The Kier molecular flexibility index (Phi) is 4.97. The van der Waals surface area contributed by atoms with Crippen LogP contribution in [0, 0.1) is 18.6 Å². The van der Waals surface area contributed by atoms with Gasteiger partial charge in [-0.15, -0.1) is 0 Å². The summed E-state index contributed by atoms with van der Waals surface area (Å²) in [5, 5.41) is 11.4. The molecule has 0 saturated carbocycles. The van der Waals surface area contributed by atoms with E-state index >= 15 is 4.39 Å². The number of H-pyrrole nitrogens is 1. The summed E-state index contributed by atoms with van der Waals surface area (Å²) in [5.74, 6) is -0.895. The van der Waals surface area contributed by atoms with Crippen molar-refractivity contribution in [1.82, 2.24) is 24.9 Å². The summed E-state index contributed by atoms with van der Waals surface area (Å²) < 4.78 is 30.5. The van der Waals surface area contributed by atoms with Crippen LogP contribution in [0.1, 0.15) is 5.56 Å². The third-order valence-corrected chi connectivity index (χ3v) is 5.91. The Labute approximate surface area is 182 Å². The van der Waals surface area contributed by atoms with E-state index in [0.29, 0.717) is 33.5 Å². The van der Waals surface area contributed by atoms with Gasteiger partial charge in [-0.3, -0.25) is 9.89 Å². The van der Waals surface area contributed by atoms with Crippen LogP contribution >= 0.6 is 0 Å². The maximum atomic E-state index is 15.0. The molecule has 2 aromatic carbocycles. The molecule has 4 aromatic rings. The molecule has 2 aromatic heterocycles. The minimum Gasteiger partial charge on any atom is -0.367 e. The van der Waals surface area contributed by atoms with Gasteiger partial charge in [-0.25, -0.2) is 8.78 Å². The topological polar surface area (TPSA) is 70.1 Å². The van der Waals surface area contributed by atoms with Crippen molar-refractivity contribution in [3.8, 4) is 16.9 Å². The van der Waals surface area contributed by atoms with Gasteiger partial charge in [0, 0.05) is 37.8 Å². The molecule has 7 nitrogen and oxygen atoms in total. The van der Waals surface area contributed by atoms with Crippen molar-refractivity contribution in [1.29, 1.82) is 0 Å². The monoisotopic (exact) mass is 436 g/mol. The summed E-state index contributed by atoms with van der Waals surface area (Å²) in [5.41, 5.74) is 2.40. The number of aryl methyl sites for hydroxylation is 1. The fraction of sp³-hybridized carbons (Fsp3) is 0.261. The summed E-state index contributed by atoms with van der Waals surface area (Å²) in [6, 6.07) is 10.8. The van der Waals surface area contributed by atoms with Gasteiger partial charge in [0.15, 0.2) is 0 Å². The zero-order chi connectivity index (χ0) is 22.4. The second-order valence-corrected chi connectivity index (χ2v) is 8.09. The van der Waals surface area contributed by atoms with Gasteiger partial charge in [-0.1, -0.05) is 18.2 Å². The first-order valence-electron chi connectivity index (χ1n) is 10.4. The quantitative estimate of drug-likeness (QED) is 0.535. The number of rotatable bonds is 3. The highest BCUT2D eigenvalue weighted by Crippen LogP contribution is 2.29. The molecular formula is C23H22F2N6O. The van der Waals surface area contributed by atoms with Crippen LogP contribution < -0.4 is 10.5 Å². The first-order chi connectivity index (χ1) is 15.4. The van der Waals surface area contributed by atoms with Crippen molar-refractivity contribution in [3.63, 3.8) is 0 Å². The Balaban J connectivity index is 1.58. The molecule has 32 heavy (non-hydrogen) atoms. The predicted molar refractivity (Wildman–Crippen MR) is 119 cm³/mol. The Morgan fingerprint density at radius 2 is 1.78 bits per heavy atom. The second-order valence-electron chi connectivity index (χ2n) is 8.09. The highest BCUT2D eigenvalue weighted by molar-refractivity contribution is 5.89. The number of piperazine rings is 1. The number of fused-ring (bicyclic) bond motifs is 1. The molecule has 0 radical (unpaired) electrons. The van der Waals surface area contributed by atoms with Crippen LogP contribution in [0.3, 0.4) is 0 Å². The predicted octanol–water partition coefficient (Wildman–Crippen LogP) is 3.11. The van der Waals surface area contributed by atoms with E-state index in [-0.39, 0.29) is 11.5 Å². The second kappa shape index (κ2) is 7.83. The molecule has 0 aliphatic carbocycles. The van der Waals surface area contributed by atoms with Gasteiger partial charge in [-0.05, 0) is 37.7 Å². The number of anilines is 1. The molecule has 0 spiro atoms. The molecular weight excluding hydrogens is 414 g/mol. The fourth-order valence-electron chi connectivity index (χ4n) is 4.10. The third kappa shape index (κ3) is 3.44. The number of benzene rings is 2. The Morgan fingerprint density at radius 1 is 1.00 bits per heavy atom. The Hall–Kier alpha value is -3.59. The van der Waals surface area contributed by atoms with Crippen LogP contribution in [-0.2, 0) is 0 Å². The largest absolute Gasteiger partial charge is 0.367 e. The van der Waals surface area contributed by atoms with E-state index in [2.05, 4.69) is 27.2 Å². The lowest BCUT2D eigenvalue weighted by molar-refractivity contribution is 0.311. The van der Waals surface area contributed by atoms with Crippen LogP contribution in [0.4, 0.5) is 14.5 Å². The number of hydrogen-bond acceptors (Lipinski definition) is 5. The Morgan fingerprint density at radius 3 is 2.50 bits per heavy atom. The maximum absolute atomic E-state index is 15.0. The van der Waals surface area contributed by atoms with Gasteiger partial charge in [0.25, 0.3) is 5.56 Å². The smallest absolute Gasteiger partial charge is 0.273 e. The standard InChI is InChI=1S/C23H22F2N6O/c1-14-4-3-5-16(24)23(14)31-20(32)13-18-22(28-31)21(27-26-18)15-6-7-19(17(25)12-15)30-10-8-29(2)9-11-30/h3-7,12-13,26H,8-11H2,1-2H3. The molecule has 0 atom stereocenters. The number of aromatic amines is 1. The highest BCUT2D eigenvalue weighted by Gasteiger charge is 2.20. The Bertz CT molecular complexity index is 1350. The van der Waals surface area contributed by atoms with E-state index in [1.807, 2.05) is 4.90 Å². The first kappa shape index (κ1) is 20.3. The first-order valence-corrected chi connectivity index (χ1v) is 10.4. The average Bonchev–Trinajstić information content (AvgIpc) is 3.17. The lowest BCUT2D eigenvalue weighted by Gasteiger charge is -2.34. The van der Waals surface area contributed by atoms with Gasteiger partial charge in [-0.2, -0.15) is 14.9 Å². The van der Waals surface area contributed by atoms with E-state index in [4.69, 9.17) is 0 Å². The van der Waals surface area contributed by atoms with Gasteiger partial charge in [0.1, 0.15) is 28.5 Å². The molecule has 164 valence electrons. The van der Waals surface area contributed by atoms with Crippen LogP contribution in [0.5, 0.6) is 0 Å². The van der Waals surface area contributed by atoms with Gasteiger partial charge >= 0.3 is 0 Å². The van der Waals surface area contributed by atoms with Crippen molar-refractivity contribution in [2.24, 2.45) is 0 Å². The summed E-state index contributed by atoms with van der Waals surface area (Å²) in [4.78, 5) is 16.8.